The Morgan fingerprint density at radius 2 is 1.92 bits per heavy atom. The minimum atomic E-state index is 0.313. The van der Waals surface area contributed by atoms with Gasteiger partial charge in [0.2, 0.25) is 0 Å². The molecule has 0 spiro atoms. The summed E-state index contributed by atoms with van der Waals surface area (Å²) in [5.41, 5.74) is 5.22. The lowest BCUT2D eigenvalue weighted by molar-refractivity contribution is 0.260. The van der Waals surface area contributed by atoms with Crippen LogP contribution in [0.3, 0.4) is 0 Å². The molecule has 1 aliphatic heterocycles. The maximum Gasteiger partial charge on any atom is 0.149 e. The number of anilines is 1. The molecule has 1 unspecified atom stereocenters. The molecular weight excluding hydrogens is 312 g/mol. The van der Waals surface area contributed by atoms with Crippen molar-refractivity contribution in [3.63, 3.8) is 0 Å². The summed E-state index contributed by atoms with van der Waals surface area (Å²) in [6.45, 7) is 4.24. The molecule has 1 aromatic carbocycles. The van der Waals surface area contributed by atoms with Crippen LogP contribution in [0.25, 0.3) is 11.3 Å². The third kappa shape index (κ3) is 3.33. The molecule has 0 radical (unpaired) electrons. The zero-order valence-electron chi connectivity index (χ0n) is 15.0. The fourth-order valence-electron chi connectivity index (χ4n) is 4.12. The molecule has 25 heavy (non-hydrogen) atoms. The van der Waals surface area contributed by atoms with Crippen molar-refractivity contribution >= 4 is 5.82 Å². The van der Waals surface area contributed by atoms with E-state index in [0.29, 0.717) is 11.8 Å². The second-order valence-electron chi connectivity index (χ2n) is 7.50. The molecule has 0 amide bonds. The molecule has 1 saturated heterocycles. The van der Waals surface area contributed by atoms with Crippen LogP contribution in [0.4, 0.5) is 5.82 Å². The van der Waals surface area contributed by atoms with Gasteiger partial charge in [-0.3, -0.25) is 0 Å². The molecule has 0 saturated carbocycles. The first-order chi connectivity index (χ1) is 12.1. The monoisotopic (exact) mass is 338 g/mol. The molecule has 4 rings (SSSR count). The van der Waals surface area contributed by atoms with Crippen LogP contribution in [0.2, 0.25) is 0 Å². The van der Waals surface area contributed by atoms with Crippen molar-refractivity contribution in [3.05, 3.63) is 34.9 Å². The number of aromatic nitrogens is 2. The normalized spacial score (nSPS) is 20.5. The van der Waals surface area contributed by atoms with E-state index in [1.165, 1.54) is 36.9 Å². The SMILES string of the molecule is Cc1cc(NC2CCCN(C)C2)nnc1-c1cc2c(cc1O)CCC2. The molecule has 5 heteroatoms. The van der Waals surface area contributed by atoms with Gasteiger partial charge in [0, 0.05) is 18.2 Å². The van der Waals surface area contributed by atoms with E-state index < -0.39 is 0 Å². The summed E-state index contributed by atoms with van der Waals surface area (Å²) in [5.74, 6) is 1.13. The standard InChI is InChI=1S/C20H26N4O/c1-13-9-19(21-16-7-4-8-24(2)12-16)22-23-20(13)17-10-14-5-3-6-15(14)11-18(17)25/h9-11,16,25H,3-8,12H2,1-2H3,(H,21,22). The molecule has 2 aliphatic rings. The van der Waals surface area contributed by atoms with E-state index in [1.54, 1.807) is 0 Å². The van der Waals surface area contributed by atoms with Gasteiger partial charge < -0.3 is 15.3 Å². The average Bonchev–Trinajstić information content (AvgIpc) is 3.02. The van der Waals surface area contributed by atoms with Crippen LogP contribution >= 0.6 is 0 Å². The topological polar surface area (TPSA) is 61.3 Å². The Morgan fingerprint density at radius 3 is 2.68 bits per heavy atom. The zero-order chi connectivity index (χ0) is 17.4. The number of nitrogens with one attached hydrogen (secondary N) is 1. The molecule has 1 fully saturated rings. The second kappa shape index (κ2) is 6.64. The molecule has 0 bridgehead atoms. The number of fused-ring (bicyclic) bond motifs is 1. The second-order valence-corrected chi connectivity index (χ2v) is 7.50. The molecule has 5 nitrogen and oxygen atoms in total. The number of phenols is 1. The summed E-state index contributed by atoms with van der Waals surface area (Å²) in [7, 11) is 2.16. The van der Waals surface area contributed by atoms with Gasteiger partial charge in [0.05, 0.1) is 5.69 Å². The average molecular weight is 338 g/mol. The smallest absolute Gasteiger partial charge is 0.149 e. The number of hydrogen-bond acceptors (Lipinski definition) is 5. The Morgan fingerprint density at radius 1 is 1.12 bits per heavy atom. The highest BCUT2D eigenvalue weighted by molar-refractivity contribution is 5.72. The number of likely N-dealkylation sites (N-methyl/N-ethyl adjacent to an activating group) is 1. The van der Waals surface area contributed by atoms with E-state index in [0.717, 1.165) is 42.0 Å². The van der Waals surface area contributed by atoms with E-state index in [-0.39, 0.29) is 0 Å². The van der Waals surface area contributed by atoms with E-state index >= 15 is 0 Å². The molecule has 1 aliphatic carbocycles. The Balaban J connectivity index is 1.58. The van der Waals surface area contributed by atoms with Gasteiger partial charge in [0.15, 0.2) is 0 Å². The lowest BCUT2D eigenvalue weighted by atomic mass is 10.0. The summed E-state index contributed by atoms with van der Waals surface area (Å²) < 4.78 is 0. The number of nitrogens with zero attached hydrogens (tertiary/aromatic N) is 3. The van der Waals surface area contributed by atoms with E-state index in [4.69, 9.17) is 0 Å². The van der Waals surface area contributed by atoms with Crippen LogP contribution in [-0.4, -0.2) is 46.4 Å². The summed E-state index contributed by atoms with van der Waals surface area (Å²) in [5, 5.41) is 22.7. The van der Waals surface area contributed by atoms with Crippen LogP contribution in [0.15, 0.2) is 18.2 Å². The fraction of sp³-hybridized carbons (Fsp3) is 0.500. The Labute approximate surface area is 149 Å². The molecule has 2 aromatic rings. The molecule has 132 valence electrons. The van der Waals surface area contributed by atoms with E-state index in [2.05, 4.69) is 33.5 Å². The number of phenolic OH excluding ortho intramolecular Hbond substituents is 1. The summed E-state index contributed by atoms with van der Waals surface area (Å²) in [6, 6.07) is 6.47. The maximum absolute atomic E-state index is 10.4. The summed E-state index contributed by atoms with van der Waals surface area (Å²) in [6.07, 6.45) is 5.69. The van der Waals surface area contributed by atoms with Crippen molar-refractivity contribution in [1.29, 1.82) is 0 Å². The molecule has 2 heterocycles. The number of hydrogen-bond donors (Lipinski definition) is 2. The minimum absolute atomic E-state index is 0.313. The number of aromatic hydroxyl groups is 1. The van der Waals surface area contributed by atoms with Crippen molar-refractivity contribution < 1.29 is 5.11 Å². The fourth-order valence-corrected chi connectivity index (χ4v) is 4.12. The minimum Gasteiger partial charge on any atom is -0.507 e. The molecule has 1 atom stereocenters. The van der Waals surface area contributed by atoms with Gasteiger partial charge in [0.1, 0.15) is 11.6 Å². The highest BCUT2D eigenvalue weighted by Crippen LogP contribution is 2.36. The van der Waals surface area contributed by atoms with Gasteiger partial charge in [0.25, 0.3) is 0 Å². The molecule has 2 N–H and O–H groups in total. The summed E-state index contributed by atoms with van der Waals surface area (Å²) >= 11 is 0. The van der Waals surface area contributed by atoms with Gasteiger partial charge >= 0.3 is 0 Å². The van der Waals surface area contributed by atoms with Crippen LogP contribution in [0, 0.1) is 6.92 Å². The van der Waals surface area contributed by atoms with E-state index in [9.17, 15) is 5.11 Å². The van der Waals surface area contributed by atoms with Crippen molar-refractivity contribution in [1.82, 2.24) is 15.1 Å². The Hall–Kier alpha value is -2.14. The van der Waals surface area contributed by atoms with Gasteiger partial charge in [-0.25, -0.2) is 0 Å². The highest BCUT2D eigenvalue weighted by Gasteiger charge is 2.20. The third-order valence-corrected chi connectivity index (χ3v) is 5.43. The van der Waals surface area contributed by atoms with Crippen molar-refractivity contribution in [2.75, 3.05) is 25.5 Å². The van der Waals surface area contributed by atoms with Gasteiger partial charge in [-0.1, -0.05) is 0 Å². The van der Waals surface area contributed by atoms with Crippen LogP contribution in [-0.2, 0) is 12.8 Å². The number of rotatable bonds is 3. The quantitative estimate of drug-likeness (QED) is 0.900. The molecule has 1 aromatic heterocycles. The Kier molecular flexibility index (Phi) is 4.34. The van der Waals surface area contributed by atoms with Crippen molar-refractivity contribution in [2.45, 2.75) is 45.1 Å². The number of aryl methyl sites for hydroxylation is 3. The van der Waals surface area contributed by atoms with Crippen LogP contribution < -0.4 is 5.32 Å². The van der Waals surface area contributed by atoms with E-state index in [1.807, 2.05) is 19.1 Å². The summed E-state index contributed by atoms with van der Waals surface area (Å²) in [4.78, 5) is 2.35. The van der Waals surface area contributed by atoms with Gasteiger partial charge in [-0.2, -0.15) is 0 Å². The number of likely N-dealkylation sites (tertiary alicyclic amines) is 1. The molecular formula is C20H26N4O. The lowest BCUT2D eigenvalue weighted by Gasteiger charge is -2.30. The van der Waals surface area contributed by atoms with Crippen LogP contribution in [0.1, 0.15) is 36.0 Å². The first kappa shape index (κ1) is 16.3. The van der Waals surface area contributed by atoms with Gasteiger partial charge in [-0.15, -0.1) is 10.2 Å². The van der Waals surface area contributed by atoms with Crippen LogP contribution in [0.5, 0.6) is 5.75 Å². The maximum atomic E-state index is 10.4. The van der Waals surface area contributed by atoms with Crippen molar-refractivity contribution in [2.24, 2.45) is 0 Å². The zero-order valence-corrected chi connectivity index (χ0v) is 15.0. The number of piperidine rings is 1. The third-order valence-electron chi connectivity index (χ3n) is 5.43. The van der Waals surface area contributed by atoms with Crippen molar-refractivity contribution in [3.8, 4) is 17.0 Å². The predicted octanol–water partition coefficient (Wildman–Crippen LogP) is 3.15. The first-order valence-corrected chi connectivity index (χ1v) is 9.24. The first-order valence-electron chi connectivity index (χ1n) is 9.24. The van der Waals surface area contributed by atoms with Gasteiger partial charge in [-0.05, 0) is 87.5 Å². The highest BCUT2D eigenvalue weighted by atomic mass is 16.3. The largest absolute Gasteiger partial charge is 0.507 e. The number of benzene rings is 1. The predicted molar refractivity (Wildman–Crippen MR) is 100 cm³/mol. The Bertz CT molecular complexity index is 790. The lowest BCUT2D eigenvalue weighted by Crippen LogP contribution is -2.39.